The van der Waals surface area contributed by atoms with Crippen LogP contribution in [0, 0.1) is 0 Å². The fourth-order valence-corrected chi connectivity index (χ4v) is 3.10. The van der Waals surface area contributed by atoms with Crippen LogP contribution in [-0.2, 0) is 14.8 Å². The highest BCUT2D eigenvalue weighted by atomic mass is 127. The highest BCUT2D eigenvalue weighted by Gasteiger charge is 2.62. The summed E-state index contributed by atoms with van der Waals surface area (Å²) in [6, 6.07) is 0. The molecule has 0 fully saturated rings. The van der Waals surface area contributed by atoms with Crippen molar-refractivity contribution in [2.24, 2.45) is 0 Å². The van der Waals surface area contributed by atoms with Gasteiger partial charge in [0.05, 0.1) is 22.9 Å². The minimum Gasteiger partial charge on any atom is -0.267 e. The van der Waals surface area contributed by atoms with E-state index in [-0.39, 0.29) is 0 Å². The van der Waals surface area contributed by atoms with Gasteiger partial charge in [0.1, 0.15) is 5.57 Å². The summed E-state index contributed by atoms with van der Waals surface area (Å²) in [6.45, 7) is 0. The predicted molar refractivity (Wildman–Crippen MR) is 48.9 cm³/mol. The van der Waals surface area contributed by atoms with E-state index in [1.807, 2.05) is 0 Å². The lowest BCUT2D eigenvalue weighted by atomic mass is 10.2. The van der Waals surface area contributed by atoms with E-state index in [9.17, 15) is 39.6 Å². The summed E-state index contributed by atoms with van der Waals surface area (Å²) in [4.78, 5) is 8.01. The Balaban J connectivity index is 3.72. The van der Waals surface area contributed by atoms with Crippen molar-refractivity contribution in [3.8, 4) is 0 Å². The number of allylic oxidation sites excluding steroid dienone is 1. The minimum absolute atomic E-state index is 0.565. The lowest BCUT2D eigenvalue weighted by Crippen LogP contribution is -2.25. The zero-order chi connectivity index (χ0) is 13.8. The fourth-order valence-electron chi connectivity index (χ4n) is 1.04. The molecule has 0 spiro atoms. The smallest absolute Gasteiger partial charge is 0.267 e. The van der Waals surface area contributed by atoms with Gasteiger partial charge in [0, 0.05) is 0 Å². The van der Waals surface area contributed by atoms with Gasteiger partial charge in [-0.05, 0) is 0 Å². The van der Waals surface area contributed by atoms with Crippen LogP contribution in [0.15, 0.2) is 10.5 Å². The van der Waals surface area contributed by atoms with Gasteiger partial charge in [-0.3, -0.25) is 4.79 Å². The van der Waals surface area contributed by atoms with Crippen molar-refractivity contribution < 1.29 is 39.6 Å². The van der Waals surface area contributed by atoms with Gasteiger partial charge < -0.3 is 0 Å². The standard InChI is InChI=1S/C5F6INO3S/c6-4(7,8)1-2(5(9,10)11)17(15,16)13(12)3(1)14. The molecule has 1 aliphatic heterocycles. The third-order valence-corrected chi connectivity index (χ3v) is 5.14. The summed E-state index contributed by atoms with van der Waals surface area (Å²) in [5, 5.41) is 0. The van der Waals surface area contributed by atoms with Crippen LogP contribution in [0.2, 0.25) is 0 Å². The van der Waals surface area contributed by atoms with Gasteiger partial charge in [-0.15, -0.1) is 0 Å². The van der Waals surface area contributed by atoms with Gasteiger partial charge in [-0.2, -0.15) is 28.9 Å². The number of carbonyl (C=O) groups excluding carboxylic acids is 1. The maximum Gasteiger partial charge on any atom is 0.429 e. The summed E-state index contributed by atoms with van der Waals surface area (Å²) in [5.41, 5.74) is -2.72. The monoisotopic (exact) mass is 395 g/mol. The summed E-state index contributed by atoms with van der Waals surface area (Å²) in [7, 11) is -5.50. The molecule has 1 aliphatic rings. The molecule has 98 valence electrons. The molecule has 4 nitrogen and oxygen atoms in total. The largest absolute Gasteiger partial charge is 0.429 e. The van der Waals surface area contributed by atoms with Crippen molar-refractivity contribution in [1.82, 2.24) is 2.52 Å². The van der Waals surface area contributed by atoms with Gasteiger partial charge in [-0.1, -0.05) is 0 Å². The van der Waals surface area contributed by atoms with Crippen molar-refractivity contribution in [2.75, 3.05) is 0 Å². The normalized spacial score (nSPS) is 21.4. The first kappa shape index (κ1) is 14.5. The third kappa shape index (κ3) is 2.23. The van der Waals surface area contributed by atoms with E-state index < -0.39 is 41.3 Å². The summed E-state index contributed by atoms with van der Waals surface area (Å²) in [6.07, 6.45) is -11.5. The summed E-state index contributed by atoms with van der Waals surface area (Å²) < 4.78 is 94.9. The Bertz CT molecular complexity index is 503. The van der Waals surface area contributed by atoms with Crippen LogP contribution in [0.1, 0.15) is 0 Å². The number of nitrogens with zero attached hydrogens (tertiary/aromatic N) is 1. The number of rotatable bonds is 0. The van der Waals surface area contributed by atoms with Crippen LogP contribution in [0.5, 0.6) is 0 Å². The van der Waals surface area contributed by atoms with Crippen LogP contribution in [0.25, 0.3) is 0 Å². The summed E-state index contributed by atoms with van der Waals surface area (Å²) >= 11 is 0.565. The molecule has 0 aromatic carbocycles. The number of hydrogen-bond donors (Lipinski definition) is 0. The van der Waals surface area contributed by atoms with E-state index in [1.165, 1.54) is 0 Å². The van der Waals surface area contributed by atoms with E-state index in [2.05, 4.69) is 0 Å². The van der Waals surface area contributed by atoms with Crippen LogP contribution >= 0.6 is 22.9 Å². The maximum absolute atomic E-state index is 12.3. The highest BCUT2D eigenvalue weighted by Crippen LogP contribution is 2.46. The highest BCUT2D eigenvalue weighted by molar-refractivity contribution is 14.1. The molecule has 0 saturated carbocycles. The molecule has 0 aromatic rings. The second-order valence-corrected chi connectivity index (χ2v) is 6.07. The van der Waals surface area contributed by atoms with Crippen LogP contribution in [0.4, 0.5) is 26.3 Å². The SMILES string of the molecule is O=C1C(C(F)(F)F)=C(C(F)(F)F)S(=O)(=O)N1I. The van der Waals surface area contributed by atoms with E-state index in [1.54, 1.807) is 0 Å². The first-order valence-corrected chi connectivity index (χ1v) is 5.86. The zero-order valence-electron chi connectivity index (χ0n) is 7.23. The molecule has 0 bridgehead atoms. The molecule has 1 amide bonds. The van der Waals surface area contributed by atoms with Gasteiger partial charge in [0.15, 0.2) is 4.91 Å². The Hall–Kier alpha value is -0.530. The Morgan fingerprint density at radius 1 is 1.00 bits per heavy atom. The summed E-state index contributed by atoms with van der Waals surface area (Å²) in [5.74, 6) is -2.26. The predicted octanol–water partition coefficient (Wildman–Crippen LogP) is 1.89. The average molecular weight is 395 g/mol. The zero-order valence-corrected chi connectivity index (χ0v) is 10.2. The van der Waals surface area contributed by atoms with Crippen LogP contribution < -0.4 is 0 Å². The van der Waals surface area contributed by atoms with Crippen LogP contribution in [-0.4, -0.2) is 29.2 Å². The van der Waals surface area contributed by atoms with Gasteiger partial charge in [0.2, 0.25) is 0 Å². The molecular formula is C5F6INO3S. The Kier molecular flexibility index (Phi) is 3.19. The second-order valence-electron chi connectivity index (χ2n) is 2.72. The molecule has 0 aliphatic carbocycles. The molecule has 0 N–H and O–H groups in total. The Morgan fingerprint density at radius 3 is 1.65 bits per heavy atom. The van der Waals surface area contributed by atoms with Crippen LogP contribution in [0.3, 0.4) is 0 Å². The molecular weight excluding hydrogens is 395 g/mol. The molecule has 0 saturated heterocycles. The van der Waals surface area contributed by atoms with E-state index in [4.69, 9.17) is 0 Å². The van der Waals surface area contributed by atoms with Gasteiger partial charge in [0.25, 0.3) is 15.9 Å². The molecule has 0 aromatic heterocycles. The molecule has 0 unspecified atom stereocenters. The maximum atomic E-state index is 12.3. The molecule has 12 heteroatoms. The molecule has 1 heterocycles. The Labute approximate surface area is 104 Å². The quantitative estimate of drug-likeness (QED) is 0.358. The molecule has 1 rings (SSSR count). The number of halogens is 7. The topological polar surface area (TPSA) is 54.5 Å². The van der Waals surface area contributed by atoms with Crippen molar-refractivity contribution in [2.45, 2.75) is 12.4 Å². The molecule has 0 radical (unpaired) electrons. The second kappa shape index (κ2) is 3.73. The number of carbonyl (C=O) groups is 1. The number of alkyl halides is 6. The lowest BCUT2D eigenvalue weighted by molar-refractivity contribution is -0.134. The fraction of sp³-hybridized carbons (Fsp3) is 0.400. The van der Waals surface area contributed by atoms with Crippen molar-refractivity contribution in [1.29, 1.82) is 0 Å². The molecule has 17 heavy (non-hydrogen) atoms. The van der Waals surface area contributed by atoms with Gasteiger partial charge >= 0.3 is 12.4 Å². The van der Waals surface area contributed by atoms with Gasteiger partial charge in [-0.25, -0.2) is 8.42 Å². The lowest BCUT2D eigenvalue weighted by Gasteiger charge is -2.10. The Morgan fingerprint density at radius 2 is 1.41 bits per heavy atom. The van der Waals surface area contributed by atoms with E-state index in [0.29, 0.717) is 22.9 Å². The number of sulfonamides is 1. The first-order chi connectivity index (χ1) is 7.31. The van der Waals surface area contributed by atoms with Crippen molar-refractivity contribution in [3.05, 3.63) is 10.5 Å². The van der Waals surface area contributed by atoms with E-state index >= 15 is 0 Å². The van der Waals surface area contributed by atoms with E-state index in [0.717, 1.165) is 0 Å². The number of amides is 1. The first-order valence-electron chi connectivity index (χ1n) is 3.45. The molecule has 0 atom stereocenters. The third-order valence-electron chi connectivity index (χ3n) is 1.61. The number of hydrogen-bond acceptors (Lipinski definition) is 3. The van der Waals surface area contributed by atoms with Crippen molar-refractivity contribution in [3.63, 3.8) is 0 Å². The minimum atomic E-state index is -5.79. The van der Waals surface area contributed by atoms with Crippen molar-refractivity contribution >= 4 is 38.8 Å². The average Bonchev–Trinajstić information content (AvgIpc) is 2.23.